The minimum absolute atomic E-state index is 0.174. The quantitative estimate of drug-likeness (QED) is 0.241. The van der Waals surface area contributed by atoms with Gasteiger partial charge in [-0.05, 0) is 67.8 Å². The molecule has 6 nitrogen and oxygen atoms in total. The molecule has 3 aromatic carbocycles. The Balaban J connectivity index is 1.25. The third-order valence-electron chi connectivity index (χ3n) is 6.06. The average molecular weight is 490 g/mol. The standard InChI is InChI=1S/C29H32FN3O3/c1-35-26-12-6-7-13-27(26)36-21-9-20-33-25-11-5-4-10-24(25)32-28(33)14-3-2-8-19-31-29(34)22-15-17-23(30)18-16-22/h4-7,10-13,15-18H,2-3,8-9,14,19-21H2,1H3,(H,31,34). The third-order valence-corrected chi connectivity index (χ3v) is 6.06. The topological polar surface area (TPSA) is 65.4 Å². The van der Waals surface area contributed by atoms with Crippen LogP contribution in [0.1, 0.15) is 41.9 Å². The summed E-state index contributed by atoms with van der Waals surface area (Å²) in [5.41, 5.74) is 2.61. The Labute approximate surface area is 211 Å². The van der Waals surface area contributed by atoms with Gasteiger partial charge in [-0.1, -0.05) is 30.7 Å². The van der Waals surface area contributed by atoms with Gasteiger partial charge >= 0.3 is 0 Å². The molecule has 7 heteroatoms. The van der Waals surface area contributed by atoms with E-state index in [0.717, 1.165) is 67.0 Å². The number of nitrogens with one attached hydrogen (secondary N) is 1. The number of para-hydroxylation sites is 4. The molecule has 0 saturated carbocycles. The van der Waals surface area contributed by atoms with E-state index in [1.807, 2.05) is 42.5 Å². The number of carbonyl (C=O) groups excluding carboxylic acids is 1. The van der Waals surface area contributed by atoms with Crippen molar-refractivity contribution < 1.29 is 18.7 Å². The molecule has 1 heterocycles. The van der Waals surface area contributed by atoms with Gasteiger partial charge in [-0.2, -0.15) is 0 Å². The normalized spacial score (nSPS) is 10.9. The fourth-order valence-electron chi connectivity index (χ4n) is 4.20. The zero-order chi connectivity index (χ0) is 25.2. The van der Waals surface area contributed by atoms with Gasteiger partial charge < -0.3 is 19.4 Å². The van der Waals surface area contributed by atoms with Crippen LogP contribution in [0.5, 0.6) is 11.5 Å². The lowest BCUT2D eigenvalue weighted by Crippen LogP contribution is -2.24. The Morgan fingerprint density at radius 1 is 0.917 bits per heavy atom. The van der Waals surface area contributed by atoms with Crippen LogP contribution in [0.25, 0.3) is 11.0 Å². The molecule has 1 amide bonds. The molecule has 0 radical (unpaired) electrons. The summed E-state index contributed by atoms with van der Waals surface area (Å²) in [6, 6.07) is 21.5. The van der Waals surface area contributed by atoms with Crippen LogP contribution in [0.3, 0.4) is 0 Å². The number of methoxy groups -OCH3 is 1. The van der Waals surface area contributed by atoms with Gasteiger partial charge in [-0.3, -0.25) is 4.79 Å². The fourth-order valence-corrected chi connectivity index (χ4v) is 4.20. The first kappa shape index (κ1) is 25.2. The van der Waals surface area contributed by atoms with Gasteiger partial charge in [-0.25, -0.2) is 9.37 Å². The highest BCUT2D eigenvalue weighted by atomic mass is 19.1. The molecule has 0 spiro atoms. The Bertz CT molecular complexity index is 1270. The van der Waals surface area contributed by atoms with E-state index in [1.54, 1.807) is 7.11 Å². The second kappa shape index (κ2) is 12.7. The van der Waals surface area contributed by atoms with Gasteiger partial charge in [0.1, 0.15) is 11.6 Å². The van der Waals surface area contributed by atoms with E-state index >= 15 is 0 Å². The number of aryl methyl sites for hydroxylation is 2. The van der Waals surface area contributed by atoms with Gasteiger partial charge in [0.2, 0.25) is 0 Å². The van der Waals surface area contributed by atoms with Crippen molar-refractivity contribution >= 4 is 16.9 Å². The van der Waals surface area contributed by atoms with E-state index < -0.39 is 0 Å². The van der Waals surface area contributed by atoms with Crippen molar-refractivity contribution in [3.8, 4) is 11.5 Å². The molecule has 36 heavy (non-hydrogen) atoms. The Kier molecular flexibility index (Phi) is 8.92. The van der Waals surface area contributed by atoms with Gasteiger partial charge in [0.15, 0.2) is 11.5 Å². The molecular weight excluding hydrogens is 457 g/mol. The summed E-state index contributed by atoms with van der Waals surface area (Å²) in [6.45, 7) is 1.99. The number of carbonyl (C=O) groups is 1. The van der Waals surface area contributed by atoms with Crippen molar-refractivity contribution in [2.24, 2.45) is 0 Å². The summed E-state index contributed by atoms with van der Waals surface area (Å²) in [5.74, 6) is 2.04. The van der Waals surface area contributed by atoms with Crippen LogP contribution < -0.4 is 14.8 Å². The van der Waals surface area contributed by atoms with E-state index in [0.29, 0.717) is 18.7 Å². The molecule has 0 atom stereocenters. The Morgan fingerprint density at radius 3 is 2.47 bits per heavy atom. The minimum atomic E-state index is -0.346. The summed E-state index contributed by atoms with van der Waals surface area (Å²) in [4.78, 5) is 17.0. The second-order valence-corrected chi connectivity index (χ2v) is 8.59. The molecule has 1 N–H and O–H groups in total. The summed E-state index contributed by atoms with van der Waals surface area (Å²) in [6.07, 6.45) is 4.55. The summed E-state index contributed by atoms with van der Waals surface area (Å²) >= 11 is 0. The van der Waals surface area contributed by atoms with E-state index in [4.69, 9.17) is 14.5 Å². The molecule has 0 fully saturated rings. The van der Waals surface area contributed by atoms with E-state index in [1.165, 1.54) is 24.3 Å². The van der Waals surface area contributed by atoms with Gasteiger partial charge in [0, 0.05) is 25.1 Å². The highest BCUT2D eigenvalue weighted by molar-refractivity contribution is 5.94. The fraction of sp³-hybridized carbons (Fsp3) is 0.310. The molecule has 0 unspecified atom stereocenters. The third kappa shape index (κ3) is 6.62. The number of unbranched alkanes of at least 4 members (excludes halogenated alkanes) is 2. The number of hydrogen-bond acceptors (Lipinski definition) is 4. The van der Waals surface area contributed by atoms with E-state index in [-0.39, 0.29) is 11.7 Å². The van der Waals surface area contributed by atoms with Gasteiger partial charge in [-0.15, -0.1) is 0 Å². The Morgan fingerprint density at radius 2 is 1.67 bits per heavy atom. The maximum atomic E-state index is 13.0. The Hall–Kier alpha value is -3.87. The second-order valence-electron chi connectivity index (χ2n) is 8.59. The van der Waals surface area contributed by atoms with Crippen molar-refractivity contribution in [2.75, 3.05) is 20.3 Å². The molecule has 0 aliphatic rings. The molecule has 0 aliphatic heterocycles. The van der Waals surface area contributed by atoms with Crippen LogP contribution in [0.15, 0.2) is 72.8 Å². The minimum Gasteiger partial charge on any atom is -0.493 e. The van der Waals surface area contributed by atoms with Gasteiger partial charge in [0.05, 0.1) is 24.8 Å². The number of amides is 1. The molecule has 188 valence electrons. The molecule has 1 aromatic heterocycles. The number of aromatic nitrogens is 2. The number of hydrogen-bond donors (Lipinski definition) is 1. The van der Waals surface area contributed by atoms with Crippen molar-refractivity contribution in [3.05, 3.63) is 90.0 Å². The lowest BCUT2D eigenvalue weighted by atomic mass is 10.1. The number of benzene rings is 3. The molecule has 0 bridgehead atoms. The summed E-state index contributed by atoms with van der Waals surface area (Å²) < 4.78 is 26.6. The summed E-state index contributed by atoms with van der Waals surface area (Å²) in [7, 11) is 1.64. The van der Waals surface area contributed by atoms with E-state index in [2.05, 4.69) is 16.0 Å². The first-order valence-electron chi connectivity index (χ1n) is 12.4. The van der Waals surface area contributed by atoms with Crippen LogP contribution in [-0.2, 0) is 13.0 Å². The molecule has 4 rings (SSSR count). The zero-order valence-electron chi connectivity index (χ0n) is 20.6. The van der Waals surface area contributed by atoms with Crippen LogP contribution in [0.2, 0.25) is 0 Å². The van der Waals surface area contributed by atoms with Crippen LogP contribution in [0, 0.1) is 5.82 Å². The largest absolute Gasteiger partial charge is 0.493 e. The highest BCUT2D eigenvalue weighted by Crippen LogP contribution is 2.26. The predicted molar refractivity (Wildman–Crippen MR) is 139 cm³/mol. The van der Waals surface area contributed by atoms with Crippen LogP contribution >= 0.6 is 0 Å². The van der Waals surface area contributed by atoms with Crippen LogP contribution in [0.4, 0.5) is 4.39 Å². The average Bonchev–Trinajstić information content (AvgIpc) is 3.26. The number of imidazole rings is 1. The lowest BCUT2D eigenvalue weighted by Gasteiger charge is -2.12. The lowest BCUT2D eigenvalue weighted by molar-refractivity contribution is 0.0953. The molecular formula is C29H32FN3O3. The zero-order valence-corrected chi connectivity index (χ0v) is 20.6. The monoisotopic (exact) mass is 489 g/mol. The van der Waals surface area contributed by atoms with Crippen LogP contribution in [-0.4, -0.2) is 35.7 Å². The SMILES string of the molecule is COc1ccccc1OCCCn1c(CCCCCNC(=O)c2ccc(F)cc2)nc2ccccc21. The predicted octanol–water partition coefficient (Wildman–Crippen LogP) is 5.80. The van der Waals surface area contributed by atoms with Crippen molar-refractivity contribution in [1.29, 1.82) is 0 Å². The first-order chi connectivity index (χ1) is 17.7. The maximum Gasteiger partial charge on any atom is 0.251 e. The molecule has 4 aromatic rings. The maximum absolute atomic E-state index is 13.0. The van der Waals surface area contributed by atoms with Crippen molar-refractivity contribution in [1.82, 2.24) is 14.9 Å². The highest BCUT2D eigenvalue weighted by Gasteiger charge is 2.11. The molecule has 0 aliphatic carbocycles. The van der Waals surface area contributed by atoms with Crippen molar-refractivity contribution in [3.63, 3.8) is 0 Å². The van der Waals surface area contributed by atoms with E-state index in [9.17, 15) is 9.18 Å². The number of halogens is 1. The number of ether oxygens (including phenoxy) is 2. The molecule has 0 saturated heterocycles. The first-order valence-corrected chi connectivity index (χ1v) is 12.4. The summed E-state index contributed by atoms with van der Waals surface area (Å²) in [5, 5.41) is 2.90. The van der Waals surface area contributed by atoms with Gasteiger partial charge in [0.25, 0.3) is 5.91 Å². The number of nitrogens with zero attached hydrogens (tertiary/aromatic N) is 2. The smallest absolute Gasteiger partial charge is 0.251 e. The number of rotatable bonds is 13. The van der Waals surface area contributed by atoms with Crippen molar-refractivity contribution in [2.45, 2.75) is 38.6 Å². The number of fused-ring (bicyclic) bond motifs is 1.